The van der Waals surface area contributed by atoms with Crippen LogP contribution in [0, 0.1) is 11.3 Å². The average molecular weight is 290 g/mol. The lowest BCUT2D eigenvalue weighted by molar-refractivity contribution is 0.177. The van der Waals surface area contributed by atoms with E-state index < -0.39 is 16.3 Å². The van der Waals surface area contributed by atoms with Gasteiger partial charge in [-0.1, -0.05) is 11.6 Å². The molecule has 0 aliphatic heterocycles. The Bertz CT molecular complexity index is 609. The van der Waals surface area contributed by atoms with Crippen LogP contribution in [0.15, 0.2) is 18.2 Å². The molecule has 0 spiro atoms. The zero-order valence-electron chi connectivity index (χ0n) is 9.10. The molecule has 1 aromatic carbocycles. The fourth-order valence-corrected chi connectivity index (χ4v) is 2.09. The van der Waals surface area contributed by atoms with Gasteiger partial charge in [0.25, 0.3) is 0 Å². The minimum atomic E-state index is -4.13. The smallest absolute Gasteiger partial charge is 0.422 e. The molecule has 2 N–H and O–H groups in total. The molecular weight excluding hydrogens is 282 g/mol. The quantitative estimate of drug-likeness (QED) is 0.870. The number of benzene rings is 1. The maximum atomic E-state index is 11.4. The summed E-state index contributed by atoms with van der Waals surface area (Å²) >= 11 is 5.76. The van der Waals surface area contributed by atoms with Crippen LogP contribution in [0.5, 0.6) is 0 Å². The lowest BCUT2D eigenvalue weighted by Gasteiger charge is -2.09. The molecular formula is C9H8ClN3O4S. The molecule has 1 aromatic rings. The highest BCUT2D eigenvalue weighted by molar-refractivity contribution is 7.91. The summed E-state index contributed by atoms with van der Waals surface area (Å²) in [4.78, 5) is 10.8. The standard InChI is InChI=1S/C9H8ClN3O4S/c1-17-9(14)13-18(15,16)12-8-3-2-6(5-11)4-7(8)10/h2-4,12H,1H3,(H,13,14). The van der Waals surface area contributed by atoms with Crippen LogP contribution in [0.2, 0.25) is 5.02 Å². The average Bonchev–Trinajstić information content (AvgIpc) is 2.30. The number of nitrogens with one attached hydrogen (secondary N) is 2. The molecule has 0 unspecified atom stereocenters. The van der Waals surface area contributed by atoms with E-state index in [9.17, 15) is 13.2 Å². The van der Waals surface area contributed by atoms with E-state index in [-0.39, 0.29) is 16.3 Å². The van der Waals surface area contributed by atoms with Crippen molar-refractivity contribution < 1.29 is 17.9 Å². The number of methoxy groups -OCH3 is 1. The lowest BCUT2D eigenvalue weighted by atomic mass is 10.2. The lowest BCUT2D eigenvalue weighted by Crippen LogP contribution is -2.35. The second-order valence-electron chi connectivity index (χ2n) is 3.01. The largest absolute Gasteiger partial charge is 0.452 e. The van der Waals surface area contributed by atoms with Crippen molar-refractivity contribution in [2.75, 3.05) is 11.8 Å². The fraction of sp³-hybridized carbons (Fsp3) is 0.111. The van der Waals surface area contributed by atoms with E-state index in [1.807, 2.05) is 10.8 Å². The second kappa shape index (κ2) is 5.57. The van der Waals surface area contributed by atoms with Crippen LogP contribution in [-0.4, -0.2) is 21.6 Å². The molecule has 1 amide bonds. The third-order valence-electron chi connectivity index (χ3n) is 1.75. The van der Waals surface area contributed by atoms with Gasteiger partial charge in [0.05, 0.1) is 29.5 Å². The Morgan fingerprint density at radius 3 is 2.67 bits per heavy atom. The van der Waals surface area contributed by atoms with Gasteiger partial charge in [-0.3, -0.25) is 4.72 Å². The Balaban J connectivity index is 2.92. The Kier molecular flexibility index (Phi) is 4.36. The van der Waals surface area contributed by atoms with Gasteiger partial charge in [-0.25, -0.2) is 9.52 Å². The first-order valence-electron chi connectivity index (χ1n) is 4.46. The number of ether oxygens (including phenoxy) is 1. The number of nitrogens with zero attached hydrogens (tertiary/aromatic N) is 1. The molecule has 18 heavy (non-hydrogen) atoms. The van der Waals surface area contributed by atoms with Crippen LogP contribution in [0.1, 0.15) is 5.56 Å². The van der Waals surface area contributed by atoms with Crippen molar-refractivity contribution in [2.45, 2.75) is 0 Å². The highest BCUT2D eigenvalue weighted by Gasteiger charge is 2.16. The van der Waals surface area contributed by atoms with Crippen molar-refractivity contribution in [3.63, 3.8) is 0 Å². The van der Waals surface area contributed by atoms with E-state index in [1.165, 1.54) is 18.2 Å². The van der Waals surface area contributed by atoms with Gasteiger partial charge in [0.2, 0.25) is 0 Å². The van der Waals surface area contributed by atoms with Crippen LogP contribution < -0.4 is 9.44 Å². The predicted octanol–water partition coefficient (Wildman–Crippen LogP) is 1.22. The number of rotatable bonds is 3. The van der Waals surface area contributed by atoms with Gasteiger partial charge < -0.3 is 4.74 Å². The minimum absolute atomic E-state index is 0.0318. The van der Waals surface area contributed by atoms with Crippen LogP contribution in [0.4, 0.5) is 10.5 Å². The van der Waals surface area contributed by atoms with E-state index in [2.05, 4.69) is 4.74 Å². The molecule has 0 heterocycles. The molecule has 0 atom stereocenters. The Morgan fingerprint density at radius 2 is 2.17 bits per heavy atom. The van der Waals surface area contributed by atoms with Gasteiger partial charge in [0, 0.05) is 0 Å². The number of amides is 1. The first-order valence-corrected chi connectivity index (χ1v) is 6.32. The van der Waals surface area contributed by atoms with Gasteiger partial charge in [0.1, 0.15) is 0 Å². The van der Waals surface area contributed by atoms with E-state index in [1.54, 1.807) is 4.72 Å². The summed E-state index contributed by atoms with van der Waals surface area (Å²) in [5, 5.41) is 8.65. The highest BCUT2D eigenvalue weighted by Crippen LogP contribution is 2.23. The first kappa shape index (κ1) is 14.1. The SMILES string of the molecule is COC(=O)NS(=O)(=O)Nc1ccc(C#N)cc1Cl. The summed E-state index contributed by atoms with van der Waals surface area (Å²) in [6, 6.07) is 5.82. The molecule has 7 nitrogen and oxygen atoms in total. The molecule has 0 bridgehead atoms. The predicted molar refractivity (Wildman–Crippen MR) is 64.3 cm³/mol. The van der Waals surface area contributed by atoms with Gasteiger partial charge >= 0.3 is 16.3 Å². The van der Waals surface area contributed by atoms with E-state index in [0.29, 0.717) is 0 Å². The molecule has 0 aliphatic rings. The molecule has 0 saturated carbocycles. The van der Waals surface area contributed by atoms with Crippen molar-refractivity contribution >= 4 is 33.6 Å². The maximum Gasteiger partial charge on any atom is 0.422 e. The minimum Gasteiger partial charge on any atom is -0.452 e. The Morgan fingerprint density at radius 1 is 1.50 bits per heavy atom. The zero-order chi connectivity index (χ0) is 13.8. The maximum absolute atomic E-state index is 11.4. The van der Waals surface area contributed by atoms with Gasteiger partial charge in [-0.15, -0.1) is 0 Å². The number of halogens is 1. The monoisotopic (exact) mass is 289 g/mol. The summed E-state index contributed by atoms with van der Waals surface area (Å²) in [6.45, 7) is 0. The fourth-order valence-electron chi connectivity index (χ4n) is 0.989. The topological polar surface area (TPSA) is 108 Å². The van der Waals surface area contributed by atoms with Crippen molar-refractivity contribution in [3.8, 4) is 6.07 Å². The van der Waals surface area contributed by atoms with Crippen LogP contribution in [0.25, 0.3) is 0 Å². The number of nitriles is 1. The normalized spacial score (nSPS) is 10.3. The third kappa shape index (κ3) is 3.80. The zero-order valence-corrected chi connectivity index (χ0v) is 10.7. The van der Waals surface area contributed by atoms with Crippen molar-refractivity contribution in [1.29, 1.82) is 5.26 Å². The molecule has 0 fully saturated rings. The summed E-state index contributed by atoms with van der Waals surface area (Å²) < 4.78 is 30.6. The molecule has 0 saturated heterocycles. The number of hydrogen-bond acceptors (Lipinski definition) is 5. The summed E-state index contributed by atoms with van der Waals surface area (Å²) in [5.74, 6) is 0. The molecule has 0 aromatic heterocycles. The summed E-state index contributed by atoms with van der Waals surface area (Å²) in [6.07, 6.45) is -1.13. The van der Waals surface area contributed by atoms with Crippen molar-refractivity contribution in [1.82, 2.24) is 4.72 Å². The van der Waals surface area contributed by atoms with Gasteiger partial charge in [0.15, 0.2) is 0 Å². The van der Waals surface area contributed by atoms with Gasteiger partial charge in [-0.2, -0.15) is 13.7 Å². The first-order chi connectivity index (χ1) is 8.38. The molecule has 96 valence electrons. The van der Waals surface area contributed by atoms with Crippen LogP contribution in [-0.2, 0) is 14.9 Å². The van der Waals surface area contributed by atoms with E-state index in [0.717, 1.165) is 7.11 Å². The summed E-state index contributed by atoms with van der Waals surface area (Å²) in [7, 11) is -3.10. The highest BCUT2D eigenvalue weighted by atomic mass is 35.5. The summed E-state index contributed by atoms with van der Waals surface area (Å²) in [5.41, 5.74) is 0.316. The van der Waals surface area contributed by atoms with E-state index in [4.69, 9.17) is 16.9 Å². The van der Waals surface area contributed by atoms with Crippen molar-refractivity contribution in [3.05, 3.63) is 28.8 Å². The van der Waals surface area contributed by atoms with E-state index >= 15 is 0 Å². The second-order valence-corrected chi connectivity index (χ2v) is 4.83. The molecule has 9 heteroatoms. The number of anilines is 1. The molecule has 1 rings (SSSR count). The Labute approximate surface area is 108 Å². The van der Waals surface area contributed by atoms with Crippen LogP contribution >= 0.6 is 11.6 Å². The third-order valence-corrected chi connectivity index (χ3v) is 2.98. The molecule has 0 radical (unpaired) electrons. The number of carbonyl (C=O) groups is 1. The Hall–Kier alpha value is -1.98. The molecule has 0 aliphatic carbocycles. The van der Waals surface area contributed by atoms with Crippen molar-refractivity contribution in [2.24, 2.45) is 0 Å². The van der Waals surface area contributed by atoms with Gasteiger partial charge in [-0.05, 0) is 18.2 Å². The number of hydrogen-bond donors (Lipinski definition) is 2. The number of carbonyl (C=O) groups excluding carboxylic acids is 1. The van der Waals surface area contributed by atoms with Crippen LogP contribution in [0.3, 0.4) is 0 Å².